The number of rotatable bonds is 1. The number of carboxylic acid groups (broad SMARTS) is 1. The highest BCUT2D eigenvalue weighted by molar-refractivity contribution is 6.04. The van der Waals surface area contributed by atoms with E-state index in [1.807, 2.05) is 0 Å². The standard InChI is InChI=1S/C12H10N2O3/c13-9-5-14-10(15)4-3-6-7(12(16)17)1-2-8(9)11(6)14/h1-4,9H,5,13H2,(H,16,17)/t9-/m0/s1. The second-order valence-electron chi connectivity index (χ2n) is 4.16. The molecule has 0 saturated heterocycles. The van der Waals surface area contributed by atoms with Crippen LogP contribution in [0.2, 0.25) is 0 Å². The summed E-state index contributed by atoms with van der Waals surface area (Å²) < 4.78 is 1.54. The Morgan fingerprint density at radius 2 is 2.12 bits per heavy atom. The molecule has 0 unspecified atom stereocenters. The Morgan fingerprint density at radius 3 is 2.82 bits per heavy atom. The molecule has 0 bridgehead atoms. The van der Waals surface area contributed by atoms with Gasteiger partial charge in [-0.3, -0.25) is 4.79 Å². The van der Waals surface area contributed by atoms with Gasteiger partial charge in [0, 0.05) is 24.0 Å². The van der Waals surface area contributed by atoms with E-state index in [0.717, 1.165) is 5.56 Å². The summed E-state index contributed by atoms with van der Waals surface area (Å²) in [7, 11) is 0. The number of aromatic carboxylic acids is 1. The highest BCUT2D eigenvalue weighted by atomic mass is 16.4. The first kappa shape index (κ1) is 10.0. The van der Waals surface area contributed by atoms with Gasteiger partial charge in [-0.05, 0) is 17.7 Å². The molecule has 0 aliphatic carbocycles. The lowest BCUT2D eigenvalue weighted by molar-refractivity contribution is 0.0699. The molecule has 17 heavy (non-hydrogen) atoms. The predicted octanol–water partition coefficient (Wildman–Crippen LogP) is 0.713. The van der Waals surface area contributed by atoms with Crippen LogP contribution in [0.15, 0.2) is 29.1 Å². The van der Waals surface area contributed by atoms with Gasteiger partial charge in [-0.25, -0.2) is 4.79 Å². The van der Waals surface area contributed by atoms with Crippen LogP contribution in [0.25, 0.3) is 10.9 Å². The van der Waals surface area contributed by atoms with E-state index >= 15 is 0 Å². The maximum atomic E-state index is 11.7. The molecule has 1 aromatic heterocycles. The highest BCUT2D eigenvalue weighted by Crippen LogP contribution is 2.31. The Bertz CT molecular complexity index is 703. The van der Waals surface area contributed by atoms with Crippen molar-refractivity contribution in [3.63, 3.8) is 0 Å². The normalized spacial score (nSPS) is 17.6. The first-order valence-electron chi connectivity index (χ1n) is 5.25. The number of nitrogens with zero attached hydrogens (tertiary/aromatic N) is 1. The molecule has 0 spiro atoms. The summed E-state index contributed by atoms with van der Waals surface area (Å²) in [6, 6.07) is 5.94. The summed E-state index contributed by atoms with van der Waals surface area (Å²) in [6.45, 7) is 0.411. The van der Waals surface area contributed by atoms with Crippen molar-refractivity contribution in [2.45, 2.75) is 12.6 Å². The number of benzene rings is 1. The van der Waals surface area contributed by atoms with Gasteiger partial charge in [0.15, 0.2) is 0 Å². The second kappa shape index (κ2) is 3.18. The average molecular weight is 230 g/mol. The van der Waals surface area contributed by atoms with Crippen LogP contribution < -0.4 is 11.3 Å². The molecule has 2 heterocycles. The van der Waals surface area contributed by atoms with E-state index in [-0.39, 0.29) is 17.2 Å². The van der Waals surface area contributed by atoms with E-state index in [0.29, 0.717) is 17.4 Å². The van der Waals surface area contributed by atoms with Gasteiger partial charge in [0.1, 0.15) is 0 Å². The molecule has 3 rings (SSSR count). The van der Waals surface area contributed by atoms with Gasteiger partial charge in [0.2, 0.25) is 0 Å². The minimum atomic E-state index is -0.998. The van der Waals surface area contributed by atoms with E-state index in [1.54, 1.807) is 22.8 Å². The van der Waals surface area contributed by atoms with Crippen molar-refractivity contribution in [1.29, 1.82) is 0 Å². The number of hydrogen-bond acceptors (Lipinski definition) is 3. The lowest BCUT2D eigenvalue weighted by Crippen LogP contribution is -2.19. The van der Waals surface area contributed by atoms with Crippen molar-refractivity contribution in [2.24, 2.45) is 5.73 Å². The van der Waals surface area contributed by atoms with Crippen molar-refractivity contribution in [2.75, 3.05) is 0 Å². The van der Waals surface area contributed by atoms with Crippen molar-refractivity contribution >= 4 is 16.9 Å². The summed E-state index contributed by atoms with van der Waals surface area (Å²) in [4.78, 5) is 22.8. The quantitative estimate of drug-likeness (QED) is 0.755. The molecule has 0 fully saturated rings. The number of hydrogen-bond donors (Lipinski definition) is 2. The van der Waals surface area contributed by atoms with Crippen LogP contribution in [-0.2, 0) is 6.54 Å². The minimum Gasteiger partial charge on any atom is -0.478 e. The highest BCUT2D eigenvalue weighted by Gasteiger charge is 2.24. The third kappa shape index (κ3) is 1.23. The first-order chi connectivity index (χ1) is 8.09. The average Bonchev–Trinajstić information content (AvgIpc) is 2.63. The lowest BCUT2D eigenvalue weighted by Gasteiger charge is -2.06. The largest absolute Gasteiger partial charge is 0.478 e. The van der Waals surface area contributed by atoms with Gasteiger partial charge >= 0.3 is 5.97 Å². The number of carboxylic acids is 1. The molecule has 0 amide bonds. The second-order valence-corrected chi connectivity index (χ2v) is 4.16. The van der Waals surface area contributed by atoms with E-state index in [4.69, 9.17) is 10.8 Å². The number of carbonyl (C=O) groups is 1. The molecule has 2 aromatic rings. The van der Waals surface area contributed by atoms with E-state index < -0.39 is 5.97 Å². The fraction of sp³-hybridized carbons (Fsp3) is 0.167. The molecular weight excluding hydrogens is 220 g/mol. The lowest BCUT2D eigenvalue weighted by atomic mass is 10.0. The van der Waals surface area contributed by atoms with Gasteiger partial charge in [0.25, 0.3) is 5.56 Å². The molecule has 1 aliphatic heterocycles. The Kier molecular flexibility index (Phi) is 1.88. The van der Waals surface area contributed by atoms with Crippen LogP contribution in [0.4, 0.5) is 0 Å². The van der Waals surface area contributed by atoms with Crippen LogP contribution >= 0.6 is 0 Å². The Morgan fingerprint density at radius 1 is 1.35 bits per heavy atom. The van der Waals surface area contributed by atoms with E-state index in [1.165, 1.54) is 6.07 Å². The van der Waals surface area contributed by atoms with Crippen LogP contribution in [0.1, 0.15) is 22.0 Å². The van der Waals surface area contributed by atoms with Crippen LogP contribution in [-0.4, -0.2) is 15.6 Å². The molecule has 1 aromatic carbocycles. The Balaban J connectivity index is 2.52. The van der Waals surface area contributed by atoms with E-state index in [9.17, 15) is 9.59 Å². The molecule has 1 aliphatic rings. The van der Waals surface area contributed by atoms with Gasteiger partial charge in [-0.1, -0.05) is 6.07 Å². The molecular formula is C12H10N2O3. The number of aromatic nitrogens is 1. The zero-order valence-corrected chi connectivity index (χ0v) is 8.88. The first-order valence-corrected chi connectivity index (χ1v) is 5.25. The summed E-state index contributed by atoms with van der Waals surface area (Å²) >= 11 is 0. The zero-order valence-electron chi connectivity index (χ0n) is 8.88. The van der Waals surface area contributed by atoms with Gasteiger partial charge < -0.3 is 15.4 Å². The van der Waals surface area contributed by atoms with Crippen molar-refractivity contribution < 1.29 is 9.90 Å². The van der Waals surface area contributed by atoms with Gasteiger partial charge in [-0.15, -0.1) is 0 Å². The summed E-state index contributed by atoms with van der Waals surface area (Å²) in [5.74, 6) is -0.998. The smallest absolute Gasteiger partial charge is 0.336 e. The van der Waals surface area contributed by atoms with Crippen molar-refractivity contribution in [1.82, 2.24) is 4.57 Å². The van der Waals surface area contributed by atoms with Crippen molar-refractivity contribution in [3.8, 4) is 0 Å². The minimum absolute atomic E-state index is 0.144. The van der Waals surface area contributed by atoms with Crippen LogP contribution in [0.3, 0.4) is 0 Å². The van der Waals surface area contributed by atoms with Gasteiger partial charge in [-0.2, -0.15) is 0 Å². The van der Waals surface area contributed by atoms with Crippen LogP contribution in [0, 0.1) is 0 Å². The maximum Gasteiger partial charge on any atom is 0.336 e. The zero-order chi connectivity index (χ0) is 12.2. The Labute approximate surface area is 96.1 Å². The topological polar surface area (TPSA) is 85.3 Å². The third-order valence-corrected chi connectivity index (χ3v) is 3.19. The summed E-state index contributed by atoms with van der Waals surface area (Å²) in [6.07, 6.45) is 0. The number of nitrogens with two attached hydrogens (primary N) is 1. The Hall–Kier alpha value is -2.14. The molecule has 0 radical (unpaired) electrons. The molecule has 5 heteroatoms. The molecule has 1 atom stereocenters. The third-order valence-electron chi connectivity index (χ3n) is 3.19. The molecule has 5 nitrogen and oxygen atoms in total. The predicted molar refractivity (Wildman–Crippen MR) is 62.1 cm³/mol. The molecule has 3 N–H and O–H groups in total. The SMILES string of the molecule is N[C@H]1Cn2c(=O)ccc3c(C(=O)O)ccc1c32. The molecule has 0 saturated carbocycles. The van der Waals surface area contributed by atoms with Crippen LogP contribution in [0.5, 0.6) is 0 Å². The summed E-state index contributed by atoms with van der Waals surface area (Å²) in [5.41, 5.74) is 7.48. The molecule has 86 valence electrons. The van der Waals surface area contributed by atoms with E-state index in [2.05, 4.69) is 0 Å². The fourth-order valence-electron chi connectivity index (χ4n) is 2.41. The fourth-order valence-corrected chi connectivity index (χ4v) is 2.41. The number of pyridine rings is 1. The maximum absolute atomic E-state index is 11.7. The monoisotopic (exact) mass is 230 g/mol. The van der Waals surface area contributed by atoms with Gasteiger partial charge in [0.05, 0.1) is 11.1 Å². The summed E-state index contributed by atoms with van der Waals surface area (Å²) in [5, 5.41) is 9.67. The van der Waals surface area contributed by atoms with Crippen molar-refractivity contribution in [3.05, 3.63) is 45.7 Å².